The number of hydrogen-bond donors (Lipinski definition) is 1. The summed E-state index contributed by atoms with van der Waals surface area (Å²) in [7, 11) is 0. The van der Waals surface area contributed by atoms with Gasteiger partial charge >= 0.3 is 0 Å². The van der Waals surface area contributed by atoms with E-state index in [4.69, 9.17) is 27.9 Å². The predicted octanol–water partition coefficient (Wildman–Crippen LogP) is 5.96. The molecule has 5 rings (SSSR count). The van der Waals surface area contributed by atoms with Crippen molar-refractivity contribution in [3.63, 3.8) is 0 Å². The average Bonchev–Trinajstić information content (AvgIpc) is 3.48. The number of piperidine rings is 1. The molecule has 31 heavy (non-hydrogen) atoms. The zero-order chi connectivity index (χ0) is 21.8. The second-order valence-corrected chi connectivity index (χ2v) is 10.7. The molecule has 1 aliphatic carbocycles. The van der Waals surface area contributed by atoms with Gasteiger partial charge in [-0.05, 0) is 55.5 Å². The van der Waals surface area contributed by atoms with Crippen molar-refractivity contribution in [1.82, 2.24) is 0 Å². The molecular weight excluding hydrogens is 432 g/mol. The summed E-state index contributed by atoms with van der Waals surface area (Å²) in [6.45, 7) is 7.14. The lowest BCUT2D eigenvalue weighted by Gasteiger charge is -2.50. The van der Waals surface area contributed by atoms with E-state index in [1.807, 2.05) is 24.3 Å². The minimum absolute atomic E-state index is 0.0465. The van der Waals surface area contributed by atoms with Crippen molar-refractivity contribution < 1.29 is 14.0 Å². The van der Waals surface area contributed by atoms with Gasteiger partial charge in [-0.15, -0.1) is 6.58 Å². The maximum absolute atomic E-state index is 14.6. The maximum atomic E-state index is 14.6. The maximum Gasteiger partial charge on any atom is 0.198 e. The Labute approximate surface area is 194 Å². The minimum atomic E-state index is -0.359. The van der Waals surface area contributed by atoms with Gasteiger partial charge in [0.25, 0.3) is 0 Å². The zero-order valence-corrected chi connectivity index (χ0v) is 19.3. The predicted molar refractivity (Wildman–Crippen MR) is 123 cm³/mol. The average molecular weight is 461 g/mol. The van der Waals surface area contributed by atoms with Crippen molar-refractivity contribution >= 4 is 23.2 Å². The first-order chi connectivity index (χ1) is 14.9. The second kappa shape index (κ2) is 8.19. The molecule has 2 aromatic carbocycles. The largest absolute Gasteiger partial charge is 0.323 e. The molecule has 6 atom stereocenters. The lowest BCUT2D eigenvalue weighted by atomic mass is 9.66. The van der Waals surface area contributed by atoms with E-state index in [1.54, 1.807) is 12.1 Å². The Kier molecular flexibility index (Phi) is 5.67. The SMILES string of the molecule is C=CC[C@@]1(C)C[C@H](c2cccc(Cl)c2)[C@@H](c2ccc(Cl)c(F)c2)[NH+]2C1OC[C@@H]2C1CC1. The third-order valence-corrected chi connectivity index (χ3v) is 8.18. The molecule has 1 N–H and O–H groups in total. The molecule has 164 valence electrons. The molecule has 0 bridgehead atoms. The van der Waals surface area contributed by atoms with E-state index in [0.29, 0.717) is 12.0 Å². The molecular formula is C26H29Cl2FNO+. The molecule has 3 aliphatic rings. The minimum Gasteiger partial charge on any atom is -0.323 e. The highest BCUT2D eigenvalue weighted by molar-refractivity contribution is 6.31. The Bertz CT molecular complexity index is 993. The van der Waals surface area contributed by atoms with Gasteiger partial charge in [-0.2, -0.15) is 0 Å². The van der Waals surface area contributed by atoms with Gasteiger partial charge in [-0.1, -0.05) is 54.4 Å². The van der Waals surface area contributed by atoms with Crippen LogP contribution in [-0.4, -0.2) is 18.9 Å². The molecule has 2 aliphatic heterocycles. The van der Waals surface area contributed by atoms with Crippen molar-refractivity contribution in [3.05, 3.63) is 82.1 Å². The van der Waals surface area contributed by atoms with Crippen LogP contribution in [0.15, 0.2) is 55.1 Å². The lowest BCUT2D eigenvalue weighted by Crippen LogP contribution is -3.20. The van der Waals surface area contributed by atoms with E-state index >= 15 is 0 Å². The van der Waals surface area contributed by atoms with Crippen LogP contribution in [0.3, 0.4) is 0 Å². The lowest BCUT2D eigenvalue weighted by molar-refractivity contribution is -0.992. The van der Waals surface area contributed by atoms with E-state index < -0.39 is 0 Å². The Morgan fingerprint density at radius 1 is 1.19 bits per heavy atom. The van der Waals surface area contributed by atoms with Crippen molar-refractivity contribution in [3.8, 4) is 0 Å². The highest BCUT2D eigenvalue weighted by Gasteiger charge is 2.61. The molecule has 2 nitrogen and oxygen atoms in total. The van der Waals surface area contributed by atoms with Crippen LogP contribution in [0.25, 0.3) is 0 Å². The van der Waals surface area contributed by atoms with Gasteiger partial charge in [0.15, 0.2) is 6.23 Å². The summed E-state index contributed by atoms with van der Waals surface area (Å²) in [5.41, 5.74) is 2.15. The van der Waals surface area contributed by atoms with Gasteiger partial charge in [0.2, 0.25) is 0 Å². The molecule has 0 radical (unpaired) electrons. The van der Waals surface area contributed by atoms with Crippen molar-refractivity contribution in [2.24, 2.45) is 11.3 Å². The number of quaternary nitrogens is 1. The molecule has 2 heterocycles. The van der Waals surface area contributed by atoms with Gasteiger partial charge in [-0.25, -0.2) is 4.39 Å². The summed E-state index contributed by atoms with van der Waals surface area (Å²) in [5.74, 6) is 0.520. The highest BCUT2D eigenvalue weighted by Crippen LogP contribution is 2.49. The van der Waals surface area contributed by atoms with Gasteiger partial charge in [0, 0.05) is 22.4 Å². The number of halogens is 3. The number of nitrogens with one attached hydrogen (secondary N) is 1. The van der Waals surface area contributed by atoms with E-state index in [9.17, 15) is 4.39 Å². The van der Waals surface area contributed by atoms with Crippen LogP contribution in [0, 0.1) is 17.2 Å². The molecule has 2 unspecified atom stereocenters. The van der Waals surface area contributed by atoms with E-state index in [2.05, 4.69) is 25.6 Å². The smallest absolute Gasteiger partial charge is 0.198 e. The Hall–Kier alpha value is -1.39. The van der Waals surface area contributed by atoms with Gasteiger partial charge in [0.05, 0.1) is 10.4 Å². The summed E-state index contributed by atoms with van der Waals surface area (Å²) in [5, 5.41) is 0.899. The molecule has 1 saturated carbocycles. The summed E-state index contributed by atoms with van der Waals surface area (Å²) >= 11 is 12.5. The van der Waals surface area contributed by atoms with E-state index in [-0.39, 0.29) is 34.4 Å². The molecule has 5 heteroatoms. The van der Waals surface area contributed by atoms with E-state index in [1.165, 1.54) is 23.3 Å². The molecule has 2 saturated heterocycles. The zero-order valence-electron chi connectivity index (χ0n) is 17.8. The summed E-state index contributed by atoms with van der Waals surface area (Å²) in [6, 6.07) is 14.0. The first-order valence-electron chi connectivity index (χ1n) is 11.2. The van der Waals surface area contributed by atoms with Crippen LogP contribution in [-0.2, 0) is 4.74 Å². The number of rotatable bonds is 5. The number of fused-ring (bicyclic) bond motifs is 1. The first-order valence-corrected chi connectivity index (χ1v) is 12.0. The van der Waals surface area contributed by atoms with Crippen LogP contribution in [0.4, 0.5) is 4.39 Å². The standard InChI is InChI=1S/C26H28Cl2FNO/c1-3-11-26(2)14-20(17-5-4-6-19(27)12-17)24(18-9-10-21(28)22(29)13-18)30-23(16-7-8-16)15-31-25(26)30/h3-6,9-10,12-13,16,20,23-25H,1,7-8,11,14-15H2,2H3/p+1/t20-,23-,24-,25?,26+/m1/s1. The number of ether oxygens (including phenoxy) is 1. The molecule has 0 aromatic heterocycles. The van der Waals surface area contributed by atoms with Crippen LogP contribution in [0.1, 0.15) is 55.7 Å². The van der Waals surface area contributed by atoms with Gasteiger partial charge in [-0.3, -0.25) is 4.90 Å². The fourth-order valence-electron chi connectivity index (χ4n) is 6.15. The van der Waals surface area contributed by atoms with Crippen LogP contribution >= 0.6 is 23.2 Å². The van der Waals surface area contributed by atoms with Crippen LogP contribution < -0.4 is 4.90 Å². The number of hydrogen-bond acceptors (Lipinski definition) is 1. The normalized spacial score (nSPS) is 35.0. The van der Waals surface area contributed by atoms with Crippen molar-refractivity contribution in [2.45, 2.75) is 56.8 Å². The monoisotopic (exact) mass is 460 g/mol. The Morgan fingerprint density at radius 2 is 2.00 bits per heavy atom. The highest BCUT2D eigenvalue weighted by atomic mass is 35.5. The van der Waals surface area contributed by atoms with E-state index in [0.717, 1.165) is 30.0 Å². The van der Waals surface area contributed by atoms with Gasteiger partial charge in [0.1, 0.15) is 24.5 Å². The summed E-state index contributed by atoms with van der Waals surface area (Å²) in [6.07, 6.45) is 6.41. The quantitative estimate of drug-likeness (QED) is 0.543. The van der Waals surface area contributed by atoms with Crippen molar-refractivity contribution in [1.29, 1.82) is 0 Å². The Morgan fingerprint density at radius 3 is 2.68 bits per heavy atom. The first kappa shape index (κ1) is 21.5. The third-order valence-electron chi connectivity index (χ3n) is 7.64. The molecule has 2 aromatic rings. The summed E-state index contributed by atoms with van der Waals surface area (Å²) < 4.78 is 21.1. The number of benzene rings is 2. The van der Waals surface area contributed by atoms with Crippen molar-refractivity contribution in [2.75, 3.05) is 6.61 Å². The fourth-order valence-corrected chi connectivity index (χ4v) is 6.46. The molecule has 0 amide bonds. The topological polar surface area (TPSA) is 13.7 Å². The number of allylic oxidation sites excluding steroid dienone is 1. The van der Waals surface area contributed by atoms with Crippen LogP contribution in [0.2, 0.25) is 10.0 Å². The molecule has 3 fully saturated rings. The van der Waals surface area contributed by atoms with Crippen LogP contribution in [0.5, 0.6) is 0 Å². The molecule has 0 spiro atoms. The third kappa shape index (κ3) is 3.84. The fraction of sp³-hybridized carbons (Fsp3) is 0.462. The van der Waals surface area contributed by atoms with Gasteiger partial charge < -0.3 is 4.74 Å². The summed E-state index contributed by atoms with van der Waals surface area (Å²) in [4.78, 5) is 1.45. The second-order valence-electron chi connectivity index (χ2n) is 9.82. The Balaban J connectivity index is 1.67.